The predicted molar refractivity (Wildman–Crippen MR) is 92.9 cm³/mol. The first-order valence-corrected chi connectivity index (χ1v) is 9.51. The molecule has 124 valence electrons. The van der Waals surface area contributed by atoms with Crippen LogP contribution in [-0.2, 0) is 20.4 Å². The van der Waals surface area contributed by atoms with E-state index in [1.165, 1.54) is 0 Å². The van der Waals surface area contributed by atoms with Crippen LogP contribution in [0, 0.1) is 0 Å². The van der Waals surface area contributed by atoms with Gasteiger partial charge in [-0.15, -0.1) is 12.4 Å². The Bertz CT molecular complexity index is 604. The first-order chi connectivity index (χ1) is 9.94. The zero-order valence-corrected chi connectivity index (χ0v) is 15.3. The van der Waals surface area contributed by atoms with E-state index in [-0.39, 0.29) is 24.2 Å². The van der Waals surface area contributed by atoms with Crippen molar-refractivity contribution < 1.29 is 13.2 Å². The van der Waals surface area contributed by atoms with E-state index in [1.807, 2.05) is 6.07 Å². The molecule has 1 amide bonds. The smallest absolute Gasteiger partial charge is 0.235 e. The van der Waals surface area contributed by atoms with Crippen molar-refractivity contribution >= 4 is 44.1 Å². The van der Waals surface area contributed by atoms with E-state index in [1.54, 1.807) is 18.2 Å². The van der Waals surface area contributed by atoms with Crippen molar-refractivity contribution in [3.8, 4) is 0 Å². The maximum atomic E-state index is 12.1. The zero-order valence-electron chi connectivity index (χ0n) is 12.0. The van der Waals surface area contributed by atoms with E-state index in [2.05, 4.69) is 26.6 Å². The molecule has 22 heavy (non-hydrogen) atoms. The number of benzene rings is 1. The van der Waals surface area contributed by atoms with Crippen molar-refractivity contribution in [1.29, 1.82) is 0 Å². The molecule has 5 nitrogen and oxygen atoms in total. The van der Waals surface area contributed by atoms with Crippen LogP contribution >= 0.6 is 28.3 Å². The molecule has 0 aromatic heterocycles. The summed E-state index contributed by atoms with van der Waals surface area (Å²) in [5, 5.41) is 5.96. The van der Waals surface area contributed by atoms with Gasteiger partial charge >= 0.3 is 0 Å². The second-order valence-electron chi connectivity index (χ2n) is 5.27. The van der Waals surface area contributed by atoms with Gasteiger partial charge in [0, 0.05) is 17.1 Å². The van der Waals surface area contributed by atoms with Crippen molar-refractivity contribution in [2.24, 2.45) is 0 Å². The SMILES string of the molecule is Cl.O=C(CS(=O)(=O)Cc1cccc(Br)c1)NC1CCCNC1. The number of rotatable bonds is 5. The maximum Gasteiger partial charge on any atom is 0.235 e. The summed E-state index contributed by atoms with van der Waals surface area (Å²) in [5.41, 5.74) is 0.677. The lowest BCUT2D eigenvalue weighted by Crippen LogP contribution is -2.47. The lowest BCUT2D eigenvalue weighted by atomic mass is 10.1. The monoisotopic (exact) mass is 410 g/mol. The second-order valence-corrected chi connectivity index (χ2v) is 8.25. The highest BCUT2D eigenvalue weighted by atomic mass is 79.9. The van der Waals surface area contributed by atoms with E-state index in [4.69, 9.17) is 0 Å². The first-order valence-electron chi connectivity index (χ1n) is 6.89. The molecule has 0 radical (unpaired) electrons. The Morgan fingerprint density at radius 1 is 1.41 bits per heavy atom. The summed E-state index contributed by atoms with van der Waals surface area (Å²) in [6.07, 6.45) is 1.89. The minimum atomic E-state index is -3.45. The van der Waals surface area contributed by atoms with Gasteiger partial charge in [-0.05, 0) is 37.1 Å². The number of hydrogen-bond donors (Lipinski definition) is 2. The molecule has 1 aliphatic rings. The molecule has 1 saturated heterocycles. The fraction of sp³-hybridized carbons (Fsp3) is 0.500. The Labute approximate surface area is 145 Å². The van der Waals surface area contributed by atoms with Crippen LogP contribution in [0.2, 0.25) is 0 Å². The third-order valence-electron chi connectivity index (χ3n) is 3.29. The minimum absolute atomic E-state index is 0. The summed E-state index contributed by atoms with van der Waals surface area (Å²) < 4.78 is 25.0. The highest BCUT2D eigenvalue weighted by Gasteiger charge is 2.21. The standard InChI is InChI=1S/C14H19BrN2O3S.ClH/c15-12-4-1-3-11(7-12)9-21(19,20)10-14(18)17-13-5-2-6-16-8-13;/h1,3-4,7,13,16H,2,5-6,8-10H2,(H,17,18);1H. The minimum Gasteiger partial charge on any atom is -0.351 e. The van der Waals surface area contributed by atoms with Crippen molar-refractivity contribution in [2.45, 2.75) is 24.6 Å². The van der Waals surface area contributed by atoms with Gasteiger partial charge in [0.1, 0.15) is 5.75 Å². The highest BCUT2D eigenvalue weighted by molar-refractivity contribution is 9.10. The van der Waals surface area contributed by atoms with E-state index in [0.29, 0.717) is 12.1 Å². The van der Waals surface area contributed by atoms with Crippen molar-refractivity contribution in [2.75, 3.05) is 18.8 Å². The van der Waals surface area contributed by atoms with Gasteiger partial charge in [-0.3, -0.25) is 4.79 Å². The molecule has 0 aliphatic carbocycles. The van der Waals surface area contributed by atoms with Gasteiger partial charge in [0.2, 0.25) is 5.91 Å². The largest absolute Gasteiger partial charge is 0.351 e. The van der Waals surface area contributed by atoms with Gasteiger partial charge in [0.15, 0.2) is 9.84 Å². The van der Waals surface area contributed by atoms with Crippen LogP contribution in [0.1, 0.15) is 18.4 Å². The molecule has 2 rings (SSSR count). The number of nitrogens with one attached hydrogen (secondary N) is 2. The van der Waals surface area contributed by atoms with E-state index < -0.39 is 21.5 Å². The average Bonchev–Trinajstić information content (AvgIpc) is 2.38. The molecule has 0 bridgehead atoms. The number of sulfone groups is 1. The molecular weight excluding hydrogens is 392 g/mol. The summed E-state index contributed by atoms with van der Waals surface area (Å²) in [6.45, 7) is 1.66. The van der Waals surface area contributed by atoms with E-state index in [0.717, 1.165) is 23.9 Å². The van der Waals surface area contributed by atoms with Crippen LogP contribution in [0.15, 0.2) is 28.7 Å². The van der Waals surface area contributed by atoms with E-state index >= 15 is 0 Å². The van der Waals surface area contributed by atoms with E-state index in [9.17, 15) is 13.2 Å². The number of amides is 1. The topological polar surface area (TPSA) is 75.3 Å². The molecule has 2 N–H and O–H groups in total. The number of halogens is 2. The van der Waals surface area contributed by atoms with Crippen LogP contribution in [0.5, 0.6) is 0 Å². The predicted octanol–water partition coefficient (Wildman–Crippen LogP) is 1.65. The van der Waals surface area contributed by atoms with Crippen LogP contribution < -0.4 is 10.6 Å². The zero-order chi connectivity index (χ0) is 15.3. The summed E-state index contributed by atoms with van der Waals surface area (Å²) in [7, 11) is -3.45. The average molecular weight is 412 g/mol. The molecule has 1 aromatic carbocycles. The number of hydrogen-bond acceptors (Lipinski definition) is 4. The Balaban J connectivity index is 0.00000242. The Morgan fingerprint density at radius 2 is 2.18 bits per heavy atom. The molecule has 1 aliphatic heterocycles. The molecule has 1 aromatic rings. The fourth-order valence-corrected chi connectivity index (χ4v) is 4.09. The Hall–Kier alpha value is -0.630. The fourth-order valence-electron chi connectivity index (χ4n) is 2.38. The Morgan fingerprint density at radius 3 is 2.82 bits per heavy atom. The molecule has 0 spiro atoms. The Kier molecular flexibility index (Phi) is 7.82. The maximum absolute atomic E-state index is 12.1. The van der Waals surface area contributed by atoms with Gasteiger partial charge in [0.05, 0.1) is 5.75 Å². The highest BCUT2D eigenvalue weighted by Crippen LogP contribution is 2.14. The number of carbonyl (C=O) groups excluding carboxylic acids is 1. The normalized spacial score (nSPS) is 18.3. The van der Waals surface area contributed by atoms with Crippen LogP contribution in [0.3, 0.4) is 0 Å². The number of piperidine rings is 1. The quantitative estimate of drug-likeness (QED) is 0.772. The molecule has 8 heteroatoms. The first kappa shape index (κ1) is 19.4. The molecule has 1 atom stereocenters. The van der Waals surface area contributed by atoms with Gasteiger partial charge in [-0.2, -0.15) is 0 Å². The van der Waals surface area contributed by atoms with Crippen LogP contribution in [0.25, 0.3) is 0 Å². The summed E-state index contributed by atoms with van der Waals surface area (Å²) >= 11 is 3.31. The lowest BCUT2D eigenvalue weighted by Gasteiger charge is -2.23. The summed E-state index contributed by atoms with van der Waals surface area (Å²) in [4.78, 5) is 11.9. The number of carbonyl (C=O) groups is 1. The molecule has 0 saturated carbocycles. The molecule has 1 heterocycles. The lowest BCUT2D eigenvalue weighted by molar-refractivity contribution is -0.119. The van der Waals surface area contributed by atoms with Crippen molar-refractivity contribution in [3.63, 3.8) is 0 Å². The summed E-state index contributed by atoms with van der Waals surface area (Å²) in [6, 6.07) is 7.14. The third kappa shape index (κ3) is 6.64. The van der Waals surface area contributed by atoms with Gasteiger partial charge in [0.25, 0.3) is 0 Å². The van der Waals surface area contributed by atoms with Crippen LogP contribution in [0.4, 0.5) is 0 Å². The molecule has 1 fully saturated rings. The second kappa shape index (κ2) is 8.86. The molecule has 1 unspecified atom stereocenters. The third-order valence-corrected chi connectivity index (χ3v) is 5.26. The van der Waals surface area contributed by atoms with Gasteiger partial charge in [-0.1, -0.05) is 28.1 Å². The van der Waals surface area contributed by atoms with Crippen molar-refractivity contribution in [3.05, 3.63) is 34.3 Å². The molecular formula is C14H20BrClN2O3S. The van der Waals surface area contributed by atoms with Gasteiger partial charge < -0.3 is 10.6 Å². The summed E-state index contributed by atoms with van der Waals surface area (Å²) in [5.74, 6) is -1.00. The van der Waals surface area contributed by atoms with Gasteiger partial charge in [-0.25, -0.2) is 8.42 Å². The van der Waals surface area contributed by atoms with Crippen LogP contribution in [-0.4, -0.2) is 39.2 Å². The van der Waals surface area contributed by atoms with Crippen molar-refractivity contribution in [1.82, 2.24) is 10.6 Å².